The molecule has 0 bridgehead atoms. The van der Waals surface area contributed by atoms with E-state index in [0.29, 0.717) is 42.4 Å². The summed E-state index contributed by atoms with van der Waals surface area (Å²) < 4.78 is 0. The van der Waals surface area contributed by atoms with E-state index in [2.05, 4.69) is 32.4 Å². The molecule has 182 valence electrons. The van der Waals surface area contributed by atoms with Crippen LogP contribution < -0.4 is 31.9 Å². The Kier molecular flexibility index (Phi) is 6.12. The fraction of sp³-hybridized carbons (Fsp3) is 0.360. The van der Waals surface area contributed by atoms with Crippen molar-refractivity contribution >= 4 is 45.5 Å². The molecule has 0 radical (unpaired) electrons. The zero-order valence-electron chi connectivity index (χ0n) is 19.7. The van der Waals surface area contributed by atoms with Crippen LogP contribution in [0.2, 0.25) is 0 Å². The maximum atomic E-state index is 13.3. The van der Waals surface area contributed by atoms with Gasteiger partial charge in [-0.2, -0.15) is 0 Å². The number of piperidine rings is 1. The van der Waals surface area contributed by atoms with Gasteiger partial charge in [-0.05, 0) is 36.6 Å². The zero-order chi connectivity index (χ0) is 24.5. The predicted octanol–water partition coefficient (Wildman–Crippen LogP) is 1.57. The highest BCUT2D eigenvalue weighted by molar-refractivity contribution is 6.09. The molecule has 2 aromatic heterocycles. The summed E-state index contributed by atoms with van der Waals surface area (Å²) in [5.41, 5.74) is 15.9. The number of nitrogen functional groups attached to an aromatic ring is 1. The van der Waals surface area contributed by atoms with Gasteiger partial charge in [0.25, 0.3) is 5.91 Å². The summed E-state index contributed by atoms with van der Waals surface area (Å²) >= 11 is 0. The summed E-state index contributed by atoms with van der Waals surface area (Å²) in [6.07, 6.45) is 4.32. The number of nitrogens with one attached hydrogen (secondary N) is 2. The second-order valence-corrected chi connectivity index (χ2v) is 9.43. The van der Waals surface area contributed by atoms with E-state index in [-0.39, 0.29) is 24.2 Å². The molecule has 2 fully saturated rings. The maximum Gasteiger partial charge on any atom is 0.276 e. The Morgan fingerprint density at radius 3 is 2.86 bits per heavy atom. The lowest BCUT2D eigenvalue weighted by Gasteiger charge is -2.37. The third kappa shape index (κ3) is 4.83. The number of nitrogens with zero attached hydrogens (tertiary/aromatic N) is 4. The molecule has 3 aromatic rings. The summed E-state index contributed by atoms with van der Waals surface area (Å²) in [6, 6.07) is 9.44. The Hall–Kier alpha value is -3.92. The van der Waals surface area contributed by atoms with E-state index in [0.717, 1.165) is 29.7 Å². The van der Waals surface area contributed by atoms with Gasteiger partial charge in [0.05, 0.1) is 35.3 Å². The third-order valence-electron chi connectivity index (χ3n) is 6.53. The summed E-state index contributed by atoms with van der Waals surface area (Å²) in [5.74, 6) is 0.0298. The largest absolute Gasteiger partial charge is 0.397 e. The minimum atomic E-state index is -0.407. The van der Waals surface area contributed by atoms with E-state index in [4.69, 9.17) is 11.5 Å². The topological polar surface area (TPSA) is 142 Å². The molecule has 2 saturated heterocycles. The number of anilines is 4. The van der Waals surface area contributed by atoms with Crippen molar-refractivity contribution < 1.29 is 9.59 Å². The summed E-state index contributed by atoms with van der Waals surface area (Å²) in [6.45, 7) is 5.33. The first-order chi connectivity index (χ1) is 16.9. The molecule has 0 aliphatic carbocycles. The standard InChI is InChI=1S/C25H30N8O2/c1-15-8-17(26)13-33(12-15)22-4-5-28-11-21(22)31-25(35)24-19(27)9-16-2-3-18(10-20(16)30-24)32-7-6-29-23(34)14-32/h2-5,9-11,15,17H,6-8,12-14,26-27H2,1H3,(H,29,34)(H,31,35). The Morgan fingerprint density at radius 2 is 2.06 bits per heavy atom. The first kappa shape index (κ1) is 22.9. The molecule has 0 saturated carbocycles. The quantitative estimate of drug-likeness (QED) is 0.446. The fourth-order valence-electron chi connectivity index (χ4n) is 4.95. The van der Waals surface area contributed by atoms with Crippen molar-refractivity contribution in [3.63, 3.8) is 0 Å². The molecule has 2 aliphatic rings. The fourth-order valence-corrected chi connectivity index (χ4v) is 4.95. The van der Waals surface area contributed by atoms with Crippen LogP contribution in [-0.4, -0.2) is 60.5 Å². The number of amides is 2. The molecule has 2 unspecified atom stereocenters. The van der Waals surface area contributed by atoms with Gasteiger partial charge >= 0.3 is 0 Å². The monoisotopic (exact) mass is 474 g/mol. The predicted molar refractivity (Wildman–Crippen MR) is 138 cm³/mol. The molecule has 1 aromatic carbocycles. The second kappa shape index (κ2) is 9.38. The number of piperazine rings is 1. The molecule has 35 heavy (non-hydrogen) atoms. The first-order valence-electron chi connectivity index (χ1n) is 11.8. The minimum absolute atomic E-state index is 0.0157. The molecule has 4 heterocycles. The third-order valence-corrected chi connectivity index (χ3v) is 6.53. The second-order valence-electron chi connectivity index (χ2n) is 9.43. The lowest BCUT2D eigenvalue weighted by molar-refractivity contribution is -0.120. The number of hydrogen-bond donors (Lipinski definition) is 4. The lowest BCUT2D eigenvalue weighted by atomic mass is 9.96. The lowest BCUT2D eigenvalue weighted by Crippen LogP contribution is -2.47. The van der Waals surface area contributed by atoms with Gasteiger partial charge in [-0.3, -0.25) is 14.6 Å². The Balaban J connectivity index is 1.42. The SMILES string of the molecule is CC1CC(N)CN(c2ccncc2NC(=O)c2nc3cc(N4CCNC(=O)C4)ccc3cc2N)C1. The van der Waals surface area contributed by atoms with Crippen LogP contribution in [0.15, 0.2) is 42.7 Å². The molecular weight excluding hydrogens is 444 g/mol. The molecule has 10 nitrogen and oxygen atoms in total. The summed E-state index contributed by atoms with van der Waals surface area (Å²) in [4.78, 5) is 38.1. The van der Waals surface area contributed by atoms with Crippen LogP contribution in [0.4, 0.5) is 22.7 Å². The average molecular weight is 475 g/mol. The number of carbonyl (C=O) groups excluding carboxylic acids is 2. The molecule has 5 rings (SSSR count). The molecule has 2 amide bonds. The highest BCUT2D eigenvalue weighted by Crippen LogP contribution is 2.30. The van der Waals surface area contributed by atoms with E-state index in [1.54, 1.807) is 18.5 Å². The van der Waals surface area contributed by atoms with Crippen molar-refractivity contribution in [3.05, 3.63) is 48.4 Å². The highest BCUT2D eigenvalue weighted by atomic mass is 16.2. The maximum absolute atomic E-state index is 13.3. The van der Waals surface area contributed by atoms with Gasteiger partial charge < -0.3 is 31.9 Å². The van der Waals surface area contributed by atoms with E-state index in [1.165, 1.54) is 0 Å². The van der Waals surface area contributed by atoms with Crippen LogP contribution in [0.25, 0.3) is 10.9 Å². The van der Waals surface area contributed by atoms with Crippen LogP contribution in [0, 0.1) is 5.92 Å². The Labute approximate surface area is 203 Å². The van der Waals surface area contributed by atoms with Crippen LogP contribution in [0.5, 0.6) is 0 Å². The summed E-state index contributed by atoms with van der Waals surface area (Å²) in [7, 11) is 0. The number of benzene rings is 1. The number of rotatable bonds is 4. The van der Waals surface area contributed by atoms with Crippen molar-refractivity contribution in [1.29, 1.82) is 0 Å². The van der Waals surface area contributed by atoms with Gasteiger partial charge in [-0.25, -0.2) is 4.98 Å². The van der Waals surface area contributed by atoms with Gasteiger partial charge in [0.1, 0.15) is 0 Å². The van der Waals surface area contributed by atoms with E-state index >= 15 is 0 Å². The van der Waals surface area contributed by atoms with Crippen molar-refractivity contribution in [2.24, 2.45) is 11.7 Å². The van der Waals surface area contributed by atoms with Gasteiger partial charge in [0, 0.05) is 49.5 Å². The van der Waals surface area contributed by atoms with Crippen LogP contribution in [-0.2, 0) is 4.79 Å². The number of aromatic nitrogens is 2. The smallest absolute Gasteiger partial charge is 0.276 e. The zero-order valence-corrected chi connectivity index (χ0v) is 19.7. The molecule has 10 heteroatoms. The molecule has 0 spiro atoms. The Morgan fingerprint density at radius 1 is 1.20 bits per heavy atom. The van der Waals surface area contributed by atoms with Gasteiger partial charge in [0.2, 0.25) is 5.91 Å². The van der Waals surface area contributed by atoms with Crippen molar-refractivity contribution in [1.82, 2.24) is 15.3 Å². The van der Waals surface area contributed by atoms with Crippen LogP contribution in [0.3, 0.4) is 0 Å². The molecule has 2 aliphatic heterocycles. The van der Waals surface area contributed by atoms with Gasteiger partial charge in [0.15, 0.2) is 5.69 Å². The normalized spacial score (nSPS) is 20.6. The van der Waals surface area contributed by atoms with E-state index < -0.39 is 5.91 Å². The number of carbonyl (C=O) groups is 2. The van der Waals surface area contributed by atoms with Crippen LogP contribution in [0.1, 0.15) is 23.8 Å². The van der Waals surface area contributed by atoms with Crippen molar-refractivity contribution in [2.45, 2.75) is 19.4 Å². The minimum Gasteiger partial charge on any atom is -0.397 e. The van der Waals surface area contributed by atoms with Crippen molar-refractivity contribution in [3.8, 4) is 0 Å². The Bertz CT molecular complexity index is 1270. The van der Waals surface area contributed by atoms with Gasteiger partial charge in [-0.1, -0.05) is 13.0 Å². The molecule has 2 atom stereocenters. The first-order valence-corrected chi connectivity index (χ1v) is 11.8. The average Bonchev–Trinajstić information content (AvgIpc) is 2.83. The van der Waals surface area contributed by atoms with Gasteiger partial charge in [-0.15, -0.1) is 0 Å². The highest BCUT2D eigenvalue weighted by Gasteiger charge is 2.25. The van der Waals surface area contributed by atoms with E-state index in [9.17, 15) is 9.59 Å². The van der Waals surface area contributed by atoms with Crippen molar-refractivity contribution in [2.75, 3.05) is 53.6 Å². The number of fused-ring (bicyclic) bond motifs is 1. The molecule has 6 N–H and O–H groups in total. The number of pyridine rings is 2. The number of nitrogens with two attached hydrogens (primary N) is 2. The molecular formula is C25H30N8O2. The van der Waals surface area contributed by atoms with Crippen LogP contribution >= 0.6 is 0 Å². The number of hydrogen-bond acceptors (Lipinski definition) is 8. The van der Waals surface area contributed by atoms with E-state index in [1.807, 2.05) is 29.2 Å². The summed E-state index contributed by atoms with van der Waals surface area (Å²) in [5, 5.41) is 6.60.